The highest BCUT2D eigenvalue weighted by Gasteiger charge is 2.25. The summed E-state index contributed by atoms with van der Waals surface area (Å²) in [6, 6.07) is 11.1. The van der Waals surface area contributed by atoms with Gasteiger partial charge >= 0.3 is 6.09 Å². The van der Waals surface area contributed by atoms with Crippen LogP contribution < -0.4 is 0 Å². The summed E-state index contributed by atoms with van der Waals surface area (Å²) in [5.74, 6) is 0.201. The highest BCUT2D eigenvalue weighted by atomic mass is 35.5. The molecule has 0 bridgehead atoms. The van der Waals surface area contributed by atoms with Crippen molar-refractivity contribution < 1.29 is 14.3 Å². The first kappa shape index (κ1) is 21.4. The van der Waals surface area contributed by atoms with E-state index in [1.807, 2.05) is 36.4 Å². The molecule has 4 rings (SSSR count). The normalized spacial score (nSPS) is 14.1. The SMILES string of the molecule is CCOC(=O)N1CCN(C(=O)CSc2nnc3ccc(-c4ccc(Cl)cc4)nn23)CC1. The molecule has 3 aromatic rings. The van der Waals surface area contributed by atoms with Gasteiger partial charge in [0.2, 0.25) is 11.1 Å². The molecule has 2 aromatic heterocycles. The second kappa shape index (κ2) is 9.52. The molecule has 0 saturated carbocycles. The predicted octanol–water partition coefficient (Wildman–Crippen LogP) is 2.84. The summed E-state index contributed by atoms with van der Waals surface area (Å²) in [5.41, 5.74) is 2.29. The van der Waals surface area contributed by atoms with Crippen LogP contribution in [0.4, 0.5) is 4.79 Å². The number of hydrogen-bond acceptors (Lipinski definition) is 7. The number of nitrogens with zero attached hydrogens (tertiary/aromatic N) is 6. The smallest absolute Gasteiger partial charge is 0.409 e. The lowest BCUT2D eigenvalue weighted by atomic mass is 10.1. The lowest BCUT2D eigenvalue weighted by Crippen LogP contribution is -2.51. The van der Waals surface area contributed by atoms with E-state index in [0.29, 0.717) is 48.6 Å². The highest BCUT2D eigenvalue weighted by molar-refractivity contribution is 7.99. The molecule has 0 spiro atoms. The van der Waals surface area contributed by atoms with Gasteiger partial charge in [0.15, 0.2) is 5.65 Å². The Kier molecular flexibility index (Phi) is 6.57. The number of fused-ring (bicyclic) bond motifs is 1. The quantitative estimate of drug-likeness (QED) is 0.540. The van der Waals surface area contributed by atoms with E-state index in [1.165, 1.54) is 11.8 Å². The van der Waals surface area contributed by atoms with E-state index >= 15 is 0 Å². The molecule has 2 amide bonds. The van der Waals surface area contributed by atoms with Crippen LogP contribution in [0.15, 0.2) is 41.6 Å². The number of halogens is 1. The molecule has 1 saturated heterocycles. The van der Waals surface area contributed by atoms with Crippen molar-refractivity contribution in [2.24, 2.45) is 0 Å². The molecule has 1 fully saturated rings. The number of ether oxygens (including phenoxy) is 1. The first-order valence-electron chi connectivity index (χ1n) is 9.86. The van der Waals surface area contributed by atoms with Gasteiger partial charge in [0.05, 0.1) is 18.1 Å². The highest BCUT2D eigenvalue weighted by Crippen LogP contribution is 2.22. The van der Waals surface area contributed by atoms with Gasteiger partial charge in [0.25, 0.3) is 0 Å². The zero-order valence-electron chi connectivity index (χ0n) is 16.9. The molecule has 0 atom stereocenters. The van der Waals surface area contributed by atoms with Crippen LogP contribution >= 0.6 is 23.4 Å². The van der Waals surface area contributed by atoms with Crippen molar-refractivity contribution in [1.29, 1.82) is 0 Å². The number of carbonyl (C=O) groups is 2. The summed E-state index contributed by atoms with van der Waals surface area (Å²) in [7, 11) is 0. The van der Waals surface area contributed by atoms with Crippen molar-refractivity contribution in [3.8, 4) is 11.3 Å². The number of carbonyl (C=O) groups excluding carboxylic acids is 2. The van der Waals surface area contributed by atoms with Gasteiger partial charge in [-0.2, -0.15) is 9.61 Å². The standard InChI is InChI=1S/C20H21ClN6O3S/c1-2-30-20(29)26-11-9-25(10-12-26)18(28)13-31-19-23-22-17-8-7-16(24-27(17)19)14-3-5-15(21)6-4-14/h3-8H,2,9-13H2,1H3. The molecule has 1 aliphatic heterocycles. The van der Waals surface area contributed by atoms with E-state index in [4.69, 9.17) is 16.3 Å². The minimum atomic E-state index is -0.332. The largest absolute Gasteiger partial charge is 0.450 e. The van der Waals surface area contributed by atoms with Gasteiger partial charge in [0, 0.05) is 36.8 Å². The van der Waals surface area contributed by atoms with Crippen LogP contribution in [0.5, 0.6) is 0 Å². The molecular weight excluding hydrogens is 440 g/mol. The third-order valence-corrected chi connectivity index (χ3v) is 6.01. The number of thioether (sulfide) groups is 1. The van der Waals surface area contributed by atoms with Crippen molar-refractivity contribution in [2.45, 2.75) is 12.1 Å². The zero-order chi connectivity index (χ0) is 21.8. The Morgan fingerprint density at radius 1 is 1.03 bits per heavy atom. The van der Waals surface area contributed by atoms with Gasteiger partial charge in [-0.05, 0) is 31.2 Å². The number of aromatic nitrogens is 4. The van der Waals surface area contributed by atoms with Crippen LogP contribution in [0.2, 0.25) is 5.02 Å². The van der Waals surface area contributed by atoms with Crippen molar-refractivity contribution >= 4 is 41.0 Å². The maximum atomic E-state index is 12.6. The van der Waals surface area contributed by atoms with Crippen molar-refractivity contribution in [3.63, 3.8) is 0 Å². The number of piperazine rings is 1. The summed E-state index contributed by atoms with van der Waals surface area (Å²) in [6.45, 7) is 4.02. The molecule has 31 heavy (non-hydrogen) atoms. The van der Waals surface area contributed by atoms with Crippen LogP contribution in [0.3, 0.4) is 0 Å². The van der Waals surface area contributed by atoms with Crippen LogP contribution in [0.1, 0.15) is 6.92 Å². The third-order valence-electron chi connectivity index (χ3n) is 4.86. The lowest BCUT2D eigenvalue weighted by molar-refractivity contribution is -0.129. The van der Waals surface area contributed by atoms with E-state index in [9.17, 15) is 9.59 Å². The second-order valence-electron chi connectivity index (χ2n) is 6.83. The van der Waals surface area contributed by atoms with Crippen molar-refractivity contribution in [3.05, 3.63) is 41.4 Å². The van der Waals surface area contributed by atoms with Crippen LogP contribution in [0.25, 0.3) is 16.9 Å². The minimum Gasteiger partial charge on any atom is -0.450 e. The average Bonchev–Trinajstić information content (AvgIpc) is 3.20. The van der Waals surface area contributed by atoms with Crippen molar-refractivity contribution in [2.75, 3.05) is 38.5 Å². The zero-order valence-corrected chi connectivity index (χ0v) is 18.5. The number of rotatable bonds is 5. The second-order valence-corrected chi connectivity index (χ2v) is 8.21. The summed E-state index contributed by atoms with van der Waals surface area (Å²) in [5, 5.41) is 14.1. The fraction of sp³-hybridized carbons (Fsp3) is 0.350. The van der Waals surface area contributed by atoms with Gasteiger partial charge in [-0.1, -0.05) is 35.5 Å². The van der Waals surface area contributed by atoms with Gasteiger partial charge in [0.1, 0.15) is 0 Å². The van der Waals surface area contributed by atoms with Crippen LogP contribution in [-0.4, -0.2) is 80.2 Å². The number of benzene rings is 1. The monoisotopic (exact) mass is 460 g/mol. The molecule has 0 aliphatic carbocycles. The Morgan fingerprint density at radius 2 is 1.74 bits per heavy atom. The fourth-order valence-corrected chi connectivity index (χ4v) is 4.12. The van der Waals surface area contributed by atoms with Gasteiger partial charge < -0.3 is 14.5 Å². The van der Waals surface area contributed by atoms with E-state index in [-0.39, 0.29) is 17.8 Å². The Hall–Kier alpha value is -2.85. The van der Waals surface area contributed by atoms with E-state index in [0.717, 1.165) is 11.3 Å². The molecule has 11 heteroatoms. The molecule has 9 nitrogen and oxygen atoms in total. The molecule has 162 valence electrons. The lowest BCUT2D eigenvalue weighted by Gasteiger charge is -2.33. The molecule has 0 N–H and O–H groups in total. The Bertz CT molecular complexity index is 1080. The Balaban J connectivity index is 1.39. The summed E-state index contributed by atoms with van der Waals surface area (Å²) >= 11 is 7.25. The van der Waals surface area contributed by atoms with Crippen LogP contribution in [-0.2, 0) is 9.53 Å². The van der Waals surface area contributed by atoms with E-state index < -0.39 is 0 Å². The fourth-order valence-electron chi connectivity index (χ4n) is 3.20. The first-order valence-corrected chi connectivity index (χ1v) is 11.2. The molecule has 0 radical (unpaired) electrons. The topological polar surface area (TPSA) is 92.9 Å². The minimum absolute atomic E-state index is 0.0147. The van der Waals surface area contributed by atoms with E-state index in [1.54, 1.807) is 21.2 Å². The number of amides is 2. The summed E-state index contributed by atoms with van der Waals surface area (Å²) < 4.78 is 6.65. The predicted molar refractivity (Wildman–Crippen MR) is 117 cm³/mol. The maximum Gasteiger partial charge on any atom is 0.409 e. The Morgan fingerprint density at radius 3 is 2.45 bits per heavy atom. The van der Waals surface area contributed by atoms with Gasteiger partial charge in [-0.3, -0.25) is 4.79 Å². The van der Waals surface area contributed by atoms with E-state index in [2.05, 4.69) is 15.3 Å². The molecule has 1 aromatic carbocycles. The maximum absolute atomic E-state index is 12.6. The van der Waals surface area contributed by atoms with Crippen LogP contribution in [0, 0.1) is 0 Å². The molecular formula is C20H21ClN6O3S. The number of hydrogen-bond donors (Lipinski definition) is 0. The van der Waals surface area contributed by atoms with Gasteiger partial charge in [-0.15, -0.1) is 10.2 Å². The summed E-state index contributed by atoms with van der Waals surface area (Å²) in [6.07, 6.45) is -0.332. The first-order chi connectivity index (χ1) is 15.0. The summed E-state index contributed by atoms with van der Waals surface area (Å²) in [4.78, 5) is 27.8. The molecule has 0 unspecified atom stereocenters. The Labute approximate surface area is 188 Å². The van der Waals surface area contributed by atoms with Gasteiger partial charge in [-0.25, -0.2) is 4.79 Å². The third kappa shape index (κ3) is 4.91. The molecule has 3 heterocycles. The molecule has 1 aliphatic rings. The van der Waals surface area contributed by atoms with Crippen molar-refractivity contribution in [1.82, 2.24) is 29.6 Å². The average molecular weight is 461 g/mol.